The first kappa shape index (κ1) is 14.8. The number of halogens is 2. The molecule has 0 aliphatic heterocycles. The smallest absolute Gasteiger partial charge is 0.148 e. The molecule has 2 rings (SSSR count). The molecule has 1 aromatic carbocycles. The summed E-state index contributed by atoms with van der Waals surface area (Å²) in [5.41, 5.74) is 0.984. The summed E-state index contributed by atoms with van der Waals surface area (Å²) in [6.07, 6.45) is 0. The van der Waals surface area contributed by atoms with Crippen LogP contribution >= 0.6 is 33.9 Å². The lowest BCUT2D eigenvalue weighted by atomic mass is 10.1. The van der Waals surface area contributed by atoms with Crippen molar-refractivity contribution in [2.24, 2.45) is 0 Å². The minimum atomic E-state index is -0.229. The van der Waals surface area contributed by atoms with Crippen molar-refractivity contribution < 1.29 is 4.39 Å². The van der Waals surface area contributed by atoms with Gasteiger partial charge in [0.05, 0.1) is 6.54 Å². The van der Waals surface area contributed by atoms with Crippen LogP contribution in [0.1, 0.15) is 25.8 Å². The van der Waals surface area contributed by atoms with Crippen LogP contribution in [0.2, 0.25) is 0 Å². The van der Waals surface area contributed by atoms with Crippen LogP contribution in [0.3, 0.4) is 0 Å². The molecule has 0 unspecified atom stereocenters. The number of rotatable bonds is 3. The molecule has 0 fully saturated rings. The van der Waals surface area contributed by atoms with Crippen LogP contribution in [0.15, 0.2) is 18.2 Å². The van der Waals surface area contributed by atoms with Crippen molar-refractivity contribution in [1.82, 2.24) is 15.5 Å². The lowest BCUT2D eigenvalue weighted by Crippen LogP contribution is -2.35. The summed E-state index contributed by atoms with van der Waals surface area (Å²) in [5.74, 6) is -0.229. The quantitative estimate of drug-likeness (QED) is 0.809. The topological polar surface area (TPSA) is 37.8 Å². The Morgan fingerprint density at radius 2 is 2.05 bits per heavy atom. The number of aromatic nitrogens is 2. The first-order chi connectivity index (χ1) is 8.85. The molecule has 6 heteroatoms. The Hall–Kier alpha value is -0.600. The summed E-state index contributed by atoms with van der Waals surface area (Å²) in [5, 5.41) is 13.5. The molecule has 0 aliphatic carbocycles. The van der Waals surface area contributed by atoms with E-state index < -0.39 is 0 Å². The maximum Gasteiger partial charge on any atom is 0.148 e. The third-order valence-electron chi connectivity index (χ3n) is 2.40. The van der Waals surface area contributed by atoms with Gasteiger partial charge >= 0.3 is 0 Å². The Kier molecular flexibility index (Phi) is 4.52. The normalized spacial score (nSPS) is 11.8. The van der Waals surface area contributed by atoms with Crippen molar-refractivity contribution in [2.75, 3.05) is 0 Å². The van der Waals surface area contributed by atoms with E-state index in [1.807, 2.05) is 0 Å². The highest BCUT2D eigenvalue weighted by Crippen LogP contribution is 2.28. The van der Waals surface area contributed by atoms with Crippen LogP contribution in [-0.2, 0) is 6.54 Å². The third kappa shape index (κ3) is 4.19. The number of benzene rings is 1. The summed E-state index contributed by atoms with van der Waals surface area (Å²) >= 11 is 3.65. The number of nitrogens with zero attached hydrogens (tertiary/aromatic N) is 2. The Morgan fingerprint density at radius 1 is 1.32 bits per heavy atom. The molecule has 0 amide bonds. The first-order valence-electron chi connectivity index (χ1n) is 5.88. The minimum Gasteiger partial charge on any atom is -0.306 e. The third-order valence-corrected chi connectivity index (χ3v) is 4.25. The van der Waals surface area contributed by atoms with Crippen LogP contribution in [0.5, 0.6) is 0 Å². The molecule has 102 valence electrons. The van der Waals surface area contributed by atoms with Crippen molar-refractivity contribution in [3.63, 3.8) is 0 Å². The summed E-state index contributed by atoms with van der Waals surface area (Å²) in [4.78, 5) is 0. The predicted octanol–water partition coefficient (Wildman–Crippen LogP) is 3.84. The summed E-state index contributed by atoms with van der Waals surface area (Å²) in [6.45, 7) is 7.02. The van der Waals surface area contributed by atoms with Gasteiger partial charge in [-0.3, -0.25) is 0 Å². The van der Waals surface area contributed by atoms with E-state index >= 15 is 0 Å². The SMILES string of the molecule is CC(C)(C)NCc1nnc(-c2ccc(F)cc2I)s1. The molecule has 0 aliphatic rings. The second-order valence-corrected chi connectivity index (χ2v) is 7.45. The van der Waals surface area contributed by atoms with E-state index in [2.05, 4.69) is 58.9 Å². The lowest BCUT2D eigenvalue weighted by Gasteiger charge is -2.19. The largest absolute Gasteiger partial charge is 0.306 e. The Balaban J connectivity index is 2.16. The fourth-order valence-corrected chi connectivity index (χ4v) is 3.17. The summed E-state index contributed by atoms with van der Waals surface area (Å²) in [7, 11) is 0. The van der Waals surface area contributed by atoms with E-state index in [-0.39, 0.29) is 11.4 Å². The molecule has 1 aromatic heterocycles. The molecule has 0 radical (unpaired) electrons. The first-order valence-corrected chi connectivity index (χ1v) is 7.77. The van der Waals surface area contributed by atoms with Gasteiger partial charge in [-0.05, 0) is 61.6 Å². The van der Waals surface area contributed by atoms with Crippen LogP contribution in [-0.4, -0.2) is 15.7 Å². The van der Waals surface area contributed by atoms with E-state index in [0.717, 1.165) is 19.1 Å². The Labute approximate surface area is 129 Å². The van der Waals surface area contributed by atoms with Gasteiger partial charge in [-0.1, -0.05) is 11.3 Å². The average molecular weight is 391 g/mol. The van der Waals surface area contributed by atoms with E-state index in [0.29, 0.717) is 6.54 Å². The van der Waals surface area contributed by atoms with E-state index in [1.54, 1.807) is 6.07 Å². The van der Waals surface area contributed by atoms with Crippen LogP contribution in [0.25, 0.3) is 10.6 Å². The predicted molar refractivity (Wildman–Crippen MR) is 84.6 cm³/mol. The minimum absolute atomic E-state index is 0.0517. The monoisotopic (exact) mass is 391 g/mol. The van der Waals surface area contributed by atoms with E-state index in [9.17, 15) is 4.39 Å². The van der Waals surface area contributed by atoms with Gasteiger partial charge < -0.3 is 5.32 Å². The van der Waals surface area contributed by atoms with Gasteiger partial charge in [-0.2, -0.15) is 0 Å². The molecule has 0 atom stereocenters. The summed E-state index contributed by atoms with van der Waals surface area (Å²) in [6, 6.07) is 4.70. The molecule has 0 saturated carbocycles. The molecule has 1 heterocycles. The second kappa shape index (κ2) is 5.80. The van der Waals surface area contributed by atoms with E-state index in [4.69, 9.17) is 0 Å². The molecule has 0 spiro atoms. The van der Waals surface area contributed by atoms with Crippen LogP contribution < -0.4 is 5.32 Å². The van der Waals surface area contributed by atoms with Crippen molar-refractivity contribution in [1.29, 1.82) is 0 Å². The fraction of sp³-hybridized carbons (Fsp3) is 0.385. The zero-order valence-corrected chi connectivity index (χ0v) is 14.0. The molecule has 3 nitrogen and oxygen atoms in total. The molecule has 19 heavy (non-hydrogen) atoms. The maximum atomic E-state index is 13.1. The van der Waals surface area contributed by atoms with Gasteiger partial charge in [0.2, 0.25) is 0 Å². The van der Waals surface area contributed by atoms with Gasteiger partial charge in [0.25, 0.3) is 0 Å². The molecule has 2 aromatic rings. The lowest BCUT2D eigenvalue weighted by molar-refractivity contribution is 0.423. The highest BCUT2D eigenvalue weighted by molar-refractivity contribution is 14.1. The number of nitrogens with one attached hydrogen (secondary N) is 1. The molecule has 0 bridgehead atoms. The van der Waals surface area contributed by atoms with Crippen molar-refractivity contribution in [2.45, 2.75) is 32.9 Å². The molecular weight excluding hydrogens is 376 g/mol. The van der Waals surface area contributed by atoms with Crippen molar-refractivity contribution >= 4 is 33.9 Å². The molecular formula is C13H15FIN3S. The second-order valence-electron chi connectivity index (χ2n) is 5.23. The zero-order valence-electron chi connectivity index (χ0n) is 11.0. The standard InChI is InChI=1S/C13H15FIN3S/c1-13(2,3)16-7-11-17-18-12(19-11)9-5-4-8(14)6-10(9)15/h4-6,16H,7H2,1-3H3. The van der Waals surface area contributed by atoms with E-state index in [1.165, 1.54) is 23.5 Å². The average Bonchev–Trinajstić information content (AvgIpc) is 2.74. The van der Waals surface area contributed by atoms with Crippen LogP contribution in [0.4, 0.5) is 4.39 Å². The highest BCUT2D eigenvalue weighted by atomic mass is 127. The highest BCUT2D eigenvalue weighted by Gasteiger charge is 2.13. The van der Waals surface area contributed by atoms with Gasteiger partial charge in [0.15, 0.2) is 0 Å². The van der Waals surface area contributed by atoms with Gasteiger partial charge in [0, 0.05) is 14.7 Å². The van der Waals surface area contributed by atoms with Gasteiger partial charge in [-0.15, -0.1) is 10.2 Å². The number of hydrogen-bond acceptors (Lipinski definition) is 4. The maximum absolute atomic E-state index is 13.1. The number of hydrogen-bond donors (Lipinski definition) is 1. The molecule has 0 saturated heterocycles. The van der Waals surface area contributed by atoms with Crippen molar-refractivity contribution in [3.05, 3.63) is 32.6 Å². The van der Waals surface area contributed by atoms with Gasteiger partial charge in [-0.25, -0.2) is 4.39 Å². The molecule has 1 N–H and O–H groups in total. The van der Waals surface area contributed by atoms with Crippen molar-refractivity contribution in [3.8, 4) is 10.6 Å². The van der Waals surface area contributed by atoms with Crippen LogP contribution in [0, 0.1) is 9.39 Å². The zero-order chi connectivity index (χ0) is 14.0. The fourth-order valence-electron chi connectivity index (χ4n) is 1.44. The van der Waals surface area contributed by atoms with Gasteiger partial charge in [0.1, 0.15) is 15.8 Å². The Morgan fingerprint density at radius 3 is 2.68 bits per heavy atom. The summed E-state index contributed by atoms with van der Waals surface area (Å²) < 4.78 is 13.9. The Bertz CT molecular complexity index is 578.